The summed E-state index contributed by atoms with van der Waals surface area (Å²) in [5, 5.41) is 6.64. The molecule has 1 aromatic carbocycles. The molecule has 2 aromatic rings. The molecule has 1 amide bonds. The van der Waals surface area contributed by atoms with E-state index in [-0.39, 0.29) is 18.0 Å². The van der Waals surface area contributed by atoms with Crippen LogP contribution in [0, 0.1) is 5.82 Å². The molecular formula is C11H10BrFN4O. The molecule has 0 aliphatic heterocycles. The van der Waals surface area contributed by atoms with Crippen LogP contribution in [-0.4, -0.2) is 20.7 Å². The molecule has 0 atom stereocenters. The Hall–Kier alpha value is -1.76. The topological polar surface area (TPSA) is 59.8 Å². The molecule has 0 bridgehead atoms. The zero-order valence-corrected chi connectivity index (χ0v) is 11.1. The summed E-state index contributed by atoms with van der Waals surface area (Å²) in [6, 6.07) is 3.94. The fourth-order valence-corrected chi connectivity index (χ4v) is 1.82. The van der Waals surface area contributed by atoms with Crippen LogP contribution in [0.2, 0.25) is 0 Å². The fourth-order valence-electron chi connectivity index (χ4n) is 1.39. The standard InChI is InChI=1S/C11H10BrFN4O/c1-17-6-15-10(16-17)5-14-11(18)8-4-7(13)2-3-9(8)12/h2-4,6H,5H2,1H3,(H,14,18). The number of amides is 1. The molecule has 1 aromatic heterocycles. The molecule has 0 fully saturated rings. The van der Waals surface area contributed by atoms with Crippen molar-refractivity contribution in [1.29, 1.82) is 0 Å². The molecule has 0 aliphatic carbocycles. The Bertz CT molecular complexity index is 584. The maximum Gasteiger partial charge on any atom is 0.252 e. The lowest BCUT2D eigenvalue weighted by atomic mass is 10.2. The molecule has 0 radical (unpaired) electrons. The van der Waals surface area contributed by atoms with E-state index in [0.29, 0.717) is 10.3 Å². The third kappa shape index (κ3) is 2.92. The number of hydrogen-bond acceptors (Lipinski definition) is 3. The Balaban J connectivity index is 2.05. The summed E-state index contributed by atoms with van der Waals surface area (Å²) in [6.45, 7) is 0.197. The van der Waals surface area contributed by atoms with Crippen LogP contribution >= 0.6 is 15.9 Å². The minimum absolute atomic E-state index is 0.197. The highest BCUT2D eigenvalue weighted by Crippen LogP contribution is 2.17. The number of carbonyl (C=O) groups excluding carboxylic acids is 1. The quantitative estimate of drug-likeness (QED) is 0.937. The van der Waals surface area contributed by atoms with Gasteiger partial charge in [0.15, 0.2) is 5.82 Å². The lowest BCUT2D eigenvalue weighted by Gasteiger charge is -2.05. The van der Waals surface area contributed by atoms with Crippen molar-refractivity contribution in [2.75, 3.05) is 0 Å². The minimum Gasteiger partial charge on any atom is -0.345 e. The van der Waals surface area contributed by atoms with Crippen LogP contribution in [0.25, 0.3) is 0 Å². The molecule has 0 aliphatic rings. The summed E-state index contributed by atoms with van der Waals surface area (Å²) in [6.07, 6.45) is 1.54. The van der Waals surface area contributed by atoms with Gasteiger partial charge in [-0.05, 0) is 34.1 Å². The number of nitrogens with zero attached hydrogens (tertiary/aromatic N) is 3. The van der Waals surface area contributed by atoms with Crippen LogP contribution in [-0.2, 0) is 13.6 Å². The zero-order valence-electron chi connectivity index (χ0n) is 9.52. The van der Waals surface area contributed by atoms with Crippen molar-refractivity contribution < 1.29 is 9.18 Å². The molecular weight excluding hydrogens is 303 g/mol. The summed E-state index contributed by atoms with van der Waals surface area (Å²) >= 11 is 3.20. The minimum atomic E-state index is -0.459. The Morgan fingerprint density at radius 2 is 2.33 bits per heavy atom. The predicted molar refractivity (Wildman–Crippen MR) is 66.3 cm³/mol. The number of aryl methyl sites for hydroxylation is 1. The molecule has 0 unspecified atom stereocenters. The Morgan fingerprint density at radius 1 is 1.56 bits per heavy atom. The lowest BCUT2D eigenvalue weighted by Crippen LogP contribution is -2.24. The third-order valence-electron chi connectivity index (χ3n) is 2.23. The second-order valence-corrected chi connectivity index (χ2v) is 4.50. The SMILES string of the molecule is Cn1cnc(CNC(=O)c2cc(F)ccc2Br)n1. The highest BCUT2D eigenvalue weighted by atomic mass is 79.9. The van der Waals surface area contributed by atoms with Crippen LogP contribution in [0.15, 0.2) is 29.0 Å². The first-order valence-electron chi connectivity index (χ1n) is 5.14. The zero-order chi connectivity index (χ0) is 13.1. The number of rotatable bonds is 3. The number of halogens is 2. The molecule has 1 heterocycles. The van der Waals surface area contributed by atoms with Crippen molar-refractivity contribution >= 4 is 21.8 Å². The van der Waals surface area contributed by atoms with E-state index in [4.69, 9.17) is 0 Å². The molecule has 0 saturated carbocycles. The van der Waals surface area contributed by atoms with Gasteiger partial charge in [-0.2, -0.15) is 5.10 Å². The largest absolute Gasteiger partial charge is 0.345 e. The van der Waals surface area contributed by atoms with E-state index in [1.165, 1.54) is 18.2 Å². The predicted octanol–water partition coefficient (Wildman–Crippen LogP) is 1.65. The number of hydrogen-bond donors (Lipinski definition) is 1. The molecule has 18 heavy (non-hydrogen) atoms. The average molecular weight is 313 g/mol. The van der Waals surface area contributed by atoms with E-state index < -0.39 is 5.82 Å². The Kier molecular flexibility index (Phi) is 3.71. The van der Waals surface area contributed by atoms with Crippen LogP contribution in [0.4, 0.5) is 4.39 Å². The highest BCUT2D eigenvalue weighted by molar-refractivity contribution is 9.10. The van der Waals surface area contributed by atoms with E-state index in [9.17, 15) is 9.18 Å². The smallest absolute Gasteiger partial charge is 0.252 e. The van der Waals surface area contributed by atoms with Crippen LogP contribution in [0.1, 0.15) is 16.2 Å². The molecule has 2 rings (SSSR count). The van der Waals surface area contributed by atoms with Crippen molar-refractivity contribution in [3.63, 3.8) is 0 Å². The van der Waals surface area contributed by atoms with E-state index in [0.717, 1.165) is 0 Å². The van der Waals surface area contributed by atoms with Crippen molar-refractivity contribution in [1.82, 2.24) is 20.1 Å². The highest BCUT2D eigenvalue weighted by Gasteiger charge is 2.11. The second-order valence-electron chi connectivity index (χ2n) is 3.64. The van der Waals surface area contributed by atoms with E-state index in [1.54, 1.807) is 18.1 Å². The van der Waals surface area contributed by atoms with Gasteiger partial charge < -0.3 is 5.32 Å². The normalized spacial score (nSPS) is 10.4. The maximum absolute atomic E-state index is 13.0. The van der Waals surface area contributed by atoms with E-state index in [1.807, 2.05) is 0 Å². The van der Waals surface area contributed by atoms with Crippen LogP contribution in [0.5, 0.6) is 0 Å². The molecule has 7 heteroatoms. The van der Waals surface area contributed by atoms with Crippen LogP contribution < -0.4 is 5.32 Å². The van der Waals surface area contributed by atoms with Crippen molar-refractivity contribution in [3.05, 3.63) is 46.2 Å². The van der Waals surface area contributed by atoms with Crippen molar-refractivity contribution in [3.8, 4) is 0 Å². The van der Waals surface area contributed by atoms with E-state index >= 15 is 0 Å². The first kappa shape index (κ1) is 12.7. The second kappa shape index (κ2) is 5.26. The number of aromatic nitrogens is 3. The van der Waals surface area contributed by atoms with Gasteiger partial charge in [0.25, 0.3) is 5.91 Å². The van der Waals surface area contributed by atoms with Gasteiger partial charge in [-0.15, -0.1) is 0 Å². The maximum atomic E-state index is 13.0. The monoisotopic (exact) mass is 312 g/mol. The molecule has 94 valence electrons. The van der Waals surface area contributed by atoms with Gasteiger partial charge in [-0.25, -0.2) is 9.37 Å². The number of carbonyl (C=O) groups is 1. The number of benzene rings is 1. The first-order chi connectivity index (χ1) is 8.56. The lowest BCUT2D eigenvalue weighted by molar-refractivity contribution is 0.0948. The summed E-state index contributed by atoms with van der Waals surface area (Å²) in [7, 11) is 1.74. The van der Waals surface area contributed by atoms with E-state index in [2.05, 4.69) is 31.3 Å². The van der Waals surface area contributed by atoms with Crippen LogP contribution in [0.3, 0.4) is 0 Å². The molecule has 1 N–H and O–H groups in total. The van der Waals surface area contributed by atoms with Gasteiger partial charge in [0.05, 0.1) is 12.1 Å². The Morgan fingerprint density at radius 3 is 3.00 bits per heavy atom. The van der Waals surface area contributed by atoms with Gasteiger partial charge in [-0.1, -0.05) is 0 Å². The van der Waals surface area contributed by atoms with Crippen molar-refractivity contribution in [2.45, 2.75) is 6.54 Å². The molecule has 0 saturated heterocycles. The van der Waals surface area contributed by atoms with Gasteiger partial charge in [0, 0.05) is 11.5 Å². The summed E-state index contributed by atoms with van der Waals surface area (Å²) in [5.74, 6) is -0.341. The average Bonchev–Trinajstić information content (AvgIpc) is 2.75. The van der Waals surface area contributed by atoms with Crippen molar-refractivity contribution in [2.24, 2.45) is 7.05 Å². The number of nitrogens with one attached hydrogen (secondary N) is 1. The van der Waals surface area contributed by atoms with Gasteiger partial charge in [0.1, 0.15) is 12.1 Å². The molecule has 5 nitrogen and oxygen atoms in total. The summed E-state index contributed by atoms with van der Waals surface area (Å²) in [4.78, 5) is 15.8. The van der Waals surface area contributed by atoms with Gasteiger partial charge in [-0.3, -0.25) is 9.48 Å². The summed E-state index contributed by atoms with van der Waals surface area (Å²) in [5.41, 5.74) is 0.242. The first-order valence-corrected chi connectivity index (χ1v) is 5.93. The van der Waals surface area contributed by atoms with Gasteiger partial charge >= 0.3 is 0 Å². The third-order valence-corrected chi connectivity index (χ3v) is 2.92. The molecule has 0 spiro atoms. The fraction of sp³-hybridized carbons (Fsp3) is 0.182. The summed E-state index contributed by atoms with van der Waals surface area (Å²) < 4.78 is 15.1. The van der Waals surface area contributed by atoms with Gasteiger partial charge in [0.2, 0.25) is 0 Å². The Labute approximate surface area is 111 Å².